The number of hydrogen-bond acceptors (Lipinski definition) is 4. The van der Waals surface area contributed by atoms with Crippen LogP contribution in [0.5, 0.6) is 0 Å². The Balaban J connectivity index is 3.95. The lowest BCUT2D eigenvalue weighted by molar-refractivity contribution is -0.143. The van der Waals surface area contributed by atoms with Gasteiger partial charge in [0.25, 0.3) is 0 Å². The molecule has 0 aromatic rings. The SMILES string of the molecule is C=CCNC(=O)C(C)N(C)CCC(=O)OCC. The molecule has 0 heterocycles. The van der Waals surface area contributed by atoms with Crippen LogP contribution in [0.15, 0.2) is 12.7 Å². The molecule has 0 fully saturated rings. The van der Waals surface area contributed by atoms with Crippen molar-refractivity contribution < 1.29 is 14.3 Å². The van der Waals surface area contributed by atoms with Crippen LogP contribution in [0.4, 0.5) is 0 Å². The van der Waals surface area contributed by atoms with E-state index in [1.165, 1.54) is 0 Å². The third-order valence-electron chi connectivity index (χ3n) is 2.44. The Kier molecular flexibility index (Phi) is 8.05. The molecule has 1 unspecified atom stereocenters. The van der Waals surface area contributed by atoms with E-state index in [-0.39, 0.29) is 17.9 Å². The molecule has 17 heavy (non-hydrogen) atoms. The molecule has 0 radical (unpaired) electrons. The average molecular weight is 242 g/mol. The largest absolute Gasteiger partial charge is 0.466 e. The van der Waals surface area contributed by atoms with Crippen LogP contribution in [0.25, 0.3) is 0 Å². The summed E-state index contributed by atoms with van der Waals surface area (Å²) >= 11 is 0. The molecule has 5 nitrogen and oxygen atoms in total. The molecule has 0 saturated carbocycles. The quantitative estimate of drug-likeness (QED) is 0.499. The third kappa shape index (κ3) is 6.73. The summed E-state index contributed by atoms with van der Waals surface area (Å²) in [6.07, 6.45) is 1.92. The molecule has 98 valence electrons. The van der Waals surface area contributed by atoms with E-state index >= 15 is 0 Å². The van der Waals surface area contributed by atoms with Gasteiger partial charge in [-0.05, 0) is 20.9 Å². The summed E-state index contributed by atoms with van der Waals surface area (Å²) in [6, 6.07) is -0.274. The lowest BCUT2D eigenvalue weighted by atomic mass is 10.2. The highest BCUT2D eigenvalue weighted by molar-refractivity contribution is 5.81. The van der Waals surface area contributed by atoms with Gasteiger partial charge in [-0.1, -0.05) is 6.08 Å². The summed E-state index contributed by atoms with van der Waals surface area (Å²) in [7, 11) is 1.80. The maximum absolute atomic E-state index is 11.6. The second-order valence-electron chi connectivity index (χ2n) is 3.75. The van der Waals surface area contributed by atoms with Crippen LogP contribution in [-0.4, -0.2) is 49.6 Å². The minimum atomic E-state index is -0.274. The van der Waals surface area contributed by atoms with Gasteiger partial charge in [-0.25, -0.2) is 0 Å². The van der Waals surface area contributed by atoms with Gasteiger partial charge < -0.3 is 10.1 Å². The number of hydrogen-bond donors (Lipinski definition) is 1. The van der Waals surface area contributed by atoms with Gasteiger partial charge >= 0.3 is 5.97 Å². The summed E-state index contributed by atoms with van der Waals surface area (Å²) in [4.78, 5) is 24.6. The van der Waals surface area contributed by atoms with Crippen molar-refractivity contribution in [3.8, 4) is 0 Å². The van der Waals surface area contributed by atoms with E-state index in [1.807, 2.05) is 4.90 Å². The van der Waals surface area contributed by atoms with E-state index in [1.54, 1.807) is 27.0 Å². The maximum atomic E-state index is 11.6. The van der Waals surface area contributed by atoms with Crippen molar-refractivity contribution in [1.82, 2.24) is 10.2 Å². The highest BCUT2D eigenvalue weighted by atomic mass is 16.5. The highest BCUT2D eigenvalue weighted by Crippen LogP contribution is 1.98. The Hall–Kier alpha value is -1.36. The number of rotatable bonds is 8. The molecule has 1 atom stereocenters. The summed E-state index contributed by atoms with van der Waals surface area (Å²) < 4.78 is 4.82. The molecule has 0 aromatic heterocycles. The van der Waals surface area contributed by atoms with Crippen LogP contribution in [-0.2, 0) is 14.3 Å². The molecule has 0 aliphatic carbocycles. The molecular formula is C12H22N2O3. The van der Waals surface area contributed by atoms with E-state index in [9.17, 15) is 9.59 Å². The monoisotopic (exact) mass is 242 g/mol. The van der Waals surface area contributed by atoms with Gasteiger partial charge in [0.15, 0.2) is 0 Å². The number of esters is 1. The van der Waals surface area contributed by atoms with Crippen LogP contribution in [0.2, 0.25) is 0 Å². The summed E-state index contributed by atoms with van der Waals surface area (Å²) in [5.41, 5.74) is 0. The average Bonchev–Trinajstić information content (AvgIpc) is 2.32. The lowest BCUT2D eigenvalue weighted by Gasteiger charge is -2.23. The number of nitrogens with zero attached hydrogens (tertiary/aromatic N) is 1. The first kappa shape index (κ1) is 15.6. The fourth-order valence-electron chi connectivity index (χ4n) is 1.22. The normalized spacial score (nSPS) is 12.0. The van der Waals surface area contributed by atoms with Gasteiger partial charge in [-0.15, -0.1) is 6.58 Å². The smallest absolute Gasteiger partial charge is 0.307 e. The van der Waals surface area contributed by atoms with Gasteiger partial charge in [-0.2, -0.15) is 0 Å². The van der Waals surface area contributed by atoms with Crippen LogP contribution in [0, 0.1) is 0 Å². The molecule has 0 saturated heterocycles. The van der Waals surface area contributed by atoms with Gasteiger partial charge in [0.2, 0.25) is 5.91 Å². The van der Waals surface area contributed by atoms with E-state index in [0.29, 0.717) is 26.1 Å². The molecule has 0 aliphatic heterocycles. The lowest BCUT2D eigenvalue weighted by Crippen LogP contribution is -2.44. The van der Waals surface area contributed by atoms with Crippen molar-refractivity contribution in [2.24, 2.45) is 0 Å². The van der Waals surface area contributed by atoms with Crippen molar-refractivity contribution in [3.63, 3.8) is 0 Å². The first-order valence-electron chi connectivity index (χ1n) is 5.77. The molecule has 0 aromatic carbocycles. The van der Waals surface area contributed by atoms with Crippen LogP contribution < -0.4 is 5.32 Å². The van der Waals surface area contributed by atoms with Gasteiger partial charge in [-0.3, -0.25) is 14.5 Å². The number of carbonyl (C=O) groups excluding carboxylic acids is 2. The zero-order valence-corrected chi connectivity index (χ0v) is 10.9. The number of nitrogens with one attached hydrogen (secondary N) is 1. The fraction of sp³-hybridized carbons (Fsp3) is 0.667. The van der Waals surface area contributed by atoms with E-state index in [2.05, 4.69) is 11.9 Å². The standard InChI is InChI=1S/C12H22N2O3/c1-5-8-13-12(16)10(3)14(4)9-7-11(15)17-6-2/h5,10H,1,6-9H2,2-4H3,(H,13,16). The Bertz CT molecular complexity index is 266. The predicted molar refractivity (Wildman–Crippen MR) is 66.5 cm³/mol. The number of likely N-dealkylation sites (N-methyl/N-ethyl adjacent to an activating group) is 1. The zero-order chi connectivity index (χ0) is 13.3. The van der Waals surface area contributed by atoms with E-state index in [0.717, 1.165) is 0 Å². The van der Waals surface area contributed by atoms with Gasteiger partial charge in [0.05, 0.1) is 19.1 Å². The Morgan fingerprint density at radius 1 is 1.53 bits per heavy atom. The van der Waals surface area contributed by atoms with Crippen molar-refractivity contribution in [2.45, 2.75) is 26.3 Å². The molecule has 0 aliphatic rings. The maximum Gasteiger partial charge on any atom is 0.307 e. The zero-order valence-electron chi connectivity index (χ0n) is 10.9. The predicted octanol–water partition coefficient (Wildman–Crippen LogP) is 0.562. The van der Waals surface area contributed by atoms with Crippen LogP contribution in [0.3, 0.4) is 0 Å². The van der Waals surface area contributed by atoms with Crippen LogP contribution in [0.1, 0.15) is 20.3 Å². The van der Waals surface area contributed by atoms with Crippen LogP contribution >= 0.6 is 0 Å². The Morgan fingerprint density at radius 3 is 2.71 bits per heavy atom. The molecule has 0 bridgehead atoms. The summed E-state index contributed by atoms with van der Waals surface area (Å²) in [6.45, 7) is 8.43. The fourth-order valence-corrected chi connectivity index (χ4v) is 1.22. The Morgan fingerprint density at radius 2 is 2.18 bits per heavy atom. The van der Waals surface area contributed by atoms with Gasteiger partial charge in [0, 0.05) is 13.1 Å². The minimum absolute atomic E-state index is 0.0729. The number of amides is 1. The van der Waals surface area contributed by atoms with E-state index in [4.69, 9.17) is 4.74 Å². The molecule has 0 rings (SSSR count). The van der Waals surface area contributed by atoms with Crippen molar-refractivity contribution >= 4 is 11.9 Å². The highest BCUT2D eigenvalue weighted by Gasteiger charge is 2.17. The minimum Gasteiger partial charge on any atom is -0.466 e. The molecule has 0 spiro atoms. The van der Waals surface area contributed by atoms with Crippen molar-refractivity contribution in [1.29, 1.82) is 0 Å². The first-order chi connectivity index (χ1) is 8.02. The molecule has 5 heteroatoms. The van der Waals surface area contributed by atoms with Crippen molar-refractivity contribution in [3.05, 3.63) is 12.7 Å². The van der Waals surface area contributed by atoms with Crippen molar-refractivity contribution in [2.75, 3.05) is 26.7 Å². The molecule has 1 N–H and O–H groups in total. The topological polar surface area (TPSA) is 58.6 Å². The Labute approximate surface area is 103 Å². The first-order valence-corrected chi connectivity index (χ1v) is 5.77. The number of carbonyl (C=O) groups is 2. The summed E-state index contributed by atoms with van der Waals surface area (Å²) in [5, 5.41) is 2.71. The second kappa shape index (κ2) is 8.75. The molecule has 1 amide bonds. The number of ether oxygens (including phenoxy) is 1. The van der Waals surface area contributed by atoms with Gasteiger partial charge in [0.1, 0.15) is 0 Å². The molecular weight excluding hydrogens is 220 g/mol. The summed E-state index contributed by atoms with van der Waals surface area (Å²) in [5.74, 6) is -0.311. The third-order valence-corrected chi connectivity index (χ3v) is 2.44. The second-order valence-corrected chi connectivity index (χ2v) is 3.75. The van der Waals surface area contributed by atoms with E-state index < -0.39 is 0 Å².